The van der Waals surface area contributed by atoms with Crippen molar-refractivity contribution in [2.24, 2.45) is 0 Å². The summed E-state index contributed by atoms with van der Waals surface area (Å²) in [7, 11) is 0. The minimum Gasteiger partial charge on any atom is -0.462 e. The molecular weight excluding hydrogens is 342 g/mol. The Balaban J connectivity index is 2.07. The van der Waals surface area contributed by atoms with Crippen LogP contribution in [0.1, 0.15) is 23.1 Å². The molecule has 0 bridgehead atoms. The molecule has 2 heterocycles. The third-order valence-electron chi connectivity index (χ3n) is 3.32. The van der Waals surface area contributed by atoms with Crippen LogP contribution in [0.15, 0.2) is 42.6 Å². The number of halogens is 1. The minimum atomic E-state index is -0.468. The molecule has 3 aromatic rings. The average Bonchev–Trinajstić information content (AvgIpc) is 2.98. The number of carbonyl (C=O) groups excluding carboxylic acids is 1. The van der Waals surface area contributed by atoms with Crippen LogP contribution in [0, 0.1) is 6.92 Å². The summed E-state index contributed by atoms with van der Waals surface area (Å²) in [6.45, 7) is 3.76. The van der Waals surface area contributed by atoms with E-state index in [1.54, 1.807) is 24.6 Å². The number of hydrogen-bond acceptors (Lipinski definition) is 6. The molecule has 3 rings (SSSR count). The van der Waals surface area contributed by atoms with Crippen LogP contribution in [-0.4, -0.2) is 32.3 Å². The van der Waals surface area contributed by atoms with Crippen LogP contribution in [0.25, 0.3) is 5.69 Å². The van der Waals surface area contributed by atoms with Crippen LogP contribution in [0.4, 0.5) is 11.6 Å². The van der Waals surface area contributed by atoms with E-state index in [1.807, 2.05) is 30.3 Å². The van der Waals surface area contributed by atoms with Crippen molar-refractivity contribution >= 4 is 29.2 Å². The number of rotatable bonds is 5. The van der Waals surface area contributed by atoms with Crippen molar-refractivity contribution in [3.05, 3.63) is 59.1 Å². The van der Waals surface area contributed by atoms with Crippen LogP contribution < -0.4 is 5.32 Å². The molecule has 0 atom stereocenters. The summed E-state index contributed by atoms with van der Waals surface area (Å²) in [4.78, 5) is 20.6. The van der Waals surface area contributed by atoms with E-state index in [0.29, 0.717) is 28.2 Å². The summed E-state index contributed by atoms with van der Waals surface area (Å²) < 4.78 is 6.72. The van der Waals surface area contributed by atoms with Crippen LogP contribution in [0.5, 0.6) is 0 Å². The molecule has 128 valence electrons. The van der Waals surface area contributed by atoms with Crippen LogP contribution in [0.2, 0.25) is 5.15 Å². The molecule has 0 fully saturated rings. The highest BCUT2D eigenvalue weighted by atomic mass is 35.5. The van der Waals surface area contributed by atoms with E-state index in [4.69, 9.17) is 16.3 Å². The Morgan fingerprint density at radius 3 is 2.72 bits per heavy atom. The molecular formula is C17H16ClN5O2. The summed E-state index contributed by atoms with van der Waals surface area (Å²) in [5, 5.41) is 7.72. The third kappa shape index (κ3) is 3.77. The fraction of sp³-hybridized carbons (Fsp3) is 0.176. The molecule has 0 unspecified atom stereocenters. The van der Waals surface area contributed by atoms with Crippen molar-refractivity contribution in [3.63, 3.8) is 0 Å². The Bertz CT molecular complexity index is 875. The molecule has 0 saturated carbocycles. The van der Waals surface area contributed by atoms with Crippen molar-refractivity contribution in [3.8, 4) is 5.69 Å². The van der Waals surface area contributed by atoms with E-state index < -0.39 is 5.97 Å². The lowest BCUT2D eigenvalue weighted by atomic mass is 10.3. The molecule has 0 radical (unpaired) electrons. The van der Waals surface area contributed by atoms with Gasteiger partial charge in [-0.3, -0.25) is 0 Å². The highest BCUT2D eigenvalue weighted by molar-refractivity contribution is 6.29. The van der Waals surface area contributed by atoms with Gasteiger partial charge in [-0.1, -0.05) is 29.8 Å². The fourth-order valence-electron chi connectivity index (χ4n) is 2.31. The van der Waals surface area contributed by atoms with Gasteiger partial charge in [0, 0.05) is 6.07 Å². The Kier molecular flexibility index (Phi) is 4.95. The van der Waals surface area contributed by atoms with Crippen LogP contribution >= 0.6 is 11.6 Å². The first kappa shape index (κ1) is 16.9. The normalized spacial score (nSPS) is 10.5. The Morgan fingerprint density at radius 1 is 1.28 bits per heavy atom. The Morgan fingerprint density at radius 2 is 2.04 bits per heavy atom. The molecule has 0 saturated heterocycles. The van der Waals surface area contributed by atoms with Gasteiger partial charge in [-0.25, -0.2) is 19.4 Å². The van der Waals surface area contributed by atoms with Gasteiger partial charge in [0.05, 0.1) is 18.5 Å². The molecule has 0 aliphatic carbocycles. The predicted octanol–water partition coefficient (Wildman–Crippen LogP) is 3.54. The lowest BCUT2D eigenvalue weighted by Crippen LogP contribution is -2.10. The SMILES string of the molecule is CCOC(=O)c1cnn(-c2ccccc2)c1Nc1cc(Cl)nc(C)n1. The van der Waals surface area contributed by atoms with Gasteiger partial charge in [0.15, 0.2) is 0 Å². The summed E-state index contributed by atoms with van der Waals surface area (Å²) in [6, 6.07) is 11.0. The number of ether oxygens (including phenoxy) is 1. The molecule has 0 aliphatic heterocycles. The zero-order valence-electron chi connectivity index (χ0n) is 13.7. The van der Waals surface area contributed by atoms with Crippen molar-refractivity contribution in [1.82, 2.24) is 19.7 Å². The van der Waals surface area contributed by atoms with E-state index >= 15 is 0 Å². The van der Waals surface area contributed by atoms with Gasteiger partial charge in [-0.05, 0) is 26.0 Å². The number of hydrogen-bond donors (Lipinski definition) is 1. The number of nitrogens with zero attached hydrogens (tertiary/aromatic N) is 4. The highest BCUT2D eigenvalue weighted by Crippen LogP contribution is 2.25. The first-order valence-corrected chi connectivity index (χ1v) is 8.05. The van der Waals surface area contributed by atoms with Crippen molar-refractivity contribution < 1.29 is 9.53 Å². The van der Waals surface area contributed by atoms with Crippen molar-refractivity contribution in [2.45, 2.75) is 13.8 Å². The van der Waals surface area contributed by atoms with E-state index in [2.05, 4.69) is 20.4 Å². The van der Waals surface area contributed by atoms with Gasteiger partial charge in [-0.2, -0.15) is 5.10 Å². The topological polar surface area (TPSA) is 81.9 Å². The van der Waals surface area contributed by atoms with Gasteiger partial charge >= 0.3 is 5.97 Å². The van der Waals surface area contributed by atoms with Gasteiger partial charge in [-0.15, -0.1) is 0 Å². The number of para-hydroxylation sites is 1. The quantitative estimate of drug-likeness (QED) is 0.555. The lowest BCUT2D eigenvalue weighted by molar-refractivity contribution is 0.0527. The third-order valence-corrected chi connectivity index (χ3v) is 3.51. The molecule has 0 amide bonds. The monoisotopic (exact) mass is 357 g/mol. The number of aromatic nitrogens is 4. The Labute approximate surface area is 149 Å². The molecule has 0 spiro atoms. The lowest BCUT2D eigenvalue weighted by Gasteiger charge is -2.12. The van der Waals surface area contributed by atoms with Gasteiger partial charge < -0.3 is 10.1 Å². The zero-order chi connectivity index (χ0) is 17.8. The average molecular weight is 358 g/mol. The van der Waals surface area contributed by atoms with Crippen molar-refractivity contribution in [2.75, 3.05) is 11.9 Å². The second kappa shape index (κ2) is 7.31. The van der Waals surface area contributed by atoms with E-state index in [1.165, 1.54) is 6.20 Å². The van der Waals surface area contributed by atoms with Gasteiger partial charge in [0.1, 0.15) is 28.2 Å². The number of nitrogens with one attached hydrogen (secondary N) is 1. The standard InChI is InChI=1S/C17H16ClN5O2/c1-3-25-17(24)13-10-19-23(12-7-5-4-6-8-12)16(13)22-15-9-14(18)20-11(2)21-15/h4-10H,3H2,1-2H3,(H,20,21,22). The largest absolute Gasteiger partial charge is 0.462 e. The summed E-state index contributed by atoms with van der Waals surface area (Å²) in [5.74, 6) is 0.946. The molecule has 2 aromatic heterocycles. The molecule has 1 aromatic carbocycles. The number of esters is 1. The molecule has 8 heteroatoms. The van der Waals surface area contributed by atoms with Crippen molar-refractivity contribution in [1.29, 1.82) is 0 Å². The Hall–Kier alpha value is -2.93. The van der Waals surface area contributed by atoms with E-state index in [9.17, 15) is 4.79 Å². The van der Waals surface area contributed by atoms with E-state index in [0.717, 1.165) is 5.69 Å². The first-order chi connectivity index (χ1) is 12.1. The predicted molar refractivity (Wildman–Crippen MR) is 94.6 cm³/mol. The minimum absolute atomic E-state index is 0.271. The maximum atomic E-state index is 12.3. The first-order valence-electron chi connectivity index (χ1n) is 7.67. The van der Waals surface area contributed by atoms with Crippen LogP contribution in [-0.2, 0) is 4.74 Å². The smallest absolute Gasteiger partial charge is 0.343 e. The number of aryl methyl sites for hydroxylation is 1. The maximum absolute atomic E-state index is 12.3. The molecule has 7 nitrogen and oxygen atoms in total. The fourth-order valence-corrected chi connectivity index (χ4v) is 2.53. The summed E-state index contributed by atoms with van der Waals surface area (Å²) in [5.41, 5.74) is 1.09. The highest BCUT2D eigenvalue weighted by Gasteiger charge is 2.20. The number of benzene rings is 1. The van der Waals surface area contributed by atoms with Crippen LogP contribution in [0.3, 0.4) is 0 Å². The summed E-state index contributed by atoms with van der Waals surface area (Å²) >= 11 is 5.99. The summed E-state index contributed by atoms with van der Waals surface area (Å²) in [6.07, 6.45) is 1.46. The second-order valence-electron chi connectivity index (χ2n) is 5.12. The van der Waals surface area contributed by atoms with E-state index in [-0.39, 0.29) is 6.61 Å². The zero-order valence-corrected chi connectivity index (χ0v) is 14.5. The van der Waals surface area contributed by atoms with Gasteiger partial charge in [0.25, 0.3) is 0 Å². The number of carbonyl (C=O) groups is 1. The van der Waals surface area contributed by atoms with Gasteiger partial charge in [0.2, 0.25) is 0 Å². The molecule has 0 aliphatic rings. The molecule has 1 N–H and O–H groups in total. The number of anilines is 2. The second-order valence-corrected chi connectivity index (χ2v) is 5.51. The maximum Gasteiger partial charge on any atom is 0.343 e. The molecule has 25 heavy (non-hydrogen) atoms.